The average Bonchev–Trinajstić information content (AvgIpc) is 2.84. The van der Waals surface area contributed by atoms with Gasteiger partial charge < -0.3 is 20.3 Å². The summed E-state index contributed by atoms with van der Waals surface area (Å²) in [7, 11) is 0. The number of nitrogens with zero attached hydrogens (tertiary/aromatic N) is 2. The quantitative estimate of drug-likeness (QED) is 0.306. The zero-order valence-corrected chi connectivity index (χ0v) is 19.7. The molecule has 0 atom stereocenters. The highest BCUT2D eigenvalue weighted by molar-refractivity contribution is 6.06. The van der Waals surface area contributed by atoms with Crippen molar-refractivity contribution in [2.75, 3.05) is 43.1 Å². The zero-order chi connectivity index (χ0) is 24.5. The minimum atomic E-state index is -0.543. The smallest absolute Gasteiger partial charge is 0.270 e. The molecule has 1 saturated heterocycles. The molecule has 9 heteroatoms. The Hall–Kier alpha value is -3.46. The van der Waals surface area contributed by atoms with E-state index in [0.29, 0.717) is 43.3 Å². The van der Waals surface area contributed by atoms with Crippen LogP contribution in [0.5, 0.6) is 0 Å². The molecule has 3 rings (SSSR count). The molecule has 1 heterocycles. The number of anilines is 2. The Morgan fingerprint density at radius 1 is 1.15 bits per heavy atom. The first-order valence-corrected chi connectivity index (χ1v) is 11.7. The molecule has 9 nitrogen and oxygen atoms in total. The number of amides is 2. The largest absolute Gasteiger partial charge is 0.382 e. The number of carbonyl (C=O) groups is 2. The number of hydrogen-bond donors (Lipinski definition) is 2. The molecule has 1 fully saturated rings. The van der Waals surface area contributed by atoms with Gasteiger partial charge in [-0.2, -0.15) is 0 Å². The molecule has 0 saturated carbocycles. The Morgan fingerprint density at radius 2 is 1.91 bits per heavy atom. The lowest BCUT2D eigenvalue weighted by Crippen LogP contribution is -2.35. The van der Waals surface area contributed by atoms with Gasteiger partial charge in [0.15, 0.2) is 0 Å². The first-order valence-electron chi connectivity index (χ1n) is 11.7. The molecule has 0 aromatic heterocycles. The third-order valence-corrected chi connectivity index (χ3v) is 5.90. The highest BCUT2D eigenvalue weighted by Crippen LogP contribution is 2.29. The van der Waals surface area contributed by atoms with E-state index in [1.807, 2.05) is 13.0 Å². The van der Waals surface area contributed by atoms with Gasteiger partial charge in [-0.15, -0.1) is 0 Å². The predicted octanol–water partition coefficient (Wildman–Crippen LogP) is 4.24. The average molecular weight is 469 g/mol. The van der Waals surface area contributed by atoms with E-state index in [1.165, 1.54) is 24.3 Å². The van der Waals surface area contributed by atoms with Gasteiger partial charge in [0, 0.05) is 61.9 Å². The molecule has 0 spiro atoms. The molecule has 1 aliphatic rings. The van der Waals surface area contributed by atoms with Gasteiger partial charge >= 0.3 is 0 Å². The van der Waals surface area contributed by atoms with E-state index in [4.69, 9.17) is 4.74 Å². The van der Waals surface area contributed by atoms with Crippen LogP contribution in [0.25, 0.3) is 0 Å². The Bertz CT molecular complexity index is 1020. The summed E-state index contributed by atoms with van der Waals surface area (Å²) in [5.41, 5.74) is 1.79. The molecule has 0 aliphatic carbocycles. The Labute approximate surface area is 199 Å². The number of non-ortho nitro benzene ring substituents is 1. The third kappa shape index (κ3) is 6.77. The van der Waals surface area contributed by atoms with Crippen LogP contribution in [0.4, 0.5) is 17.1 Å². The van der Waals surface area contributed by atoms with Gasteiger partial charge in [0.25, 0.3) is 17.5 Å². The van der Waals surface area contributed by atoms with Crippen LogP contribution in [0.2, 0.25) is 0 Å². The van der Waals surface area contributed by atoms with Crippen molar-refractivity contribution >= 4 is 28.9 Å². The van der Waals surface area contributed by atoms with Gasteiger partial charge in [0.05, 0.1) is 10.5 Å². The van der Waals surface area contributed by atoms with E-state index < -0.39 is 10.8 Å². The first kappa shape index (κ1) is 25.2. The number of benzene rings is 2. The second kappa shape index (κ2) is 12.1. The maximum atomic E-state index is 13.1. The van der Waals surface area contributed by atoms with Gasteiger partial charge in [-0.25, -0.2) is 0 Å². The van der Waals surface area contributed by atoms with E-state index in [1.54, 1.807) is 12.1 Å². The second-order valence-corrected chi connectivity index (χ2v) is 8.47. The molecule has 182 valence electrons. The number of piperidine rings is 1. The van der Waals surface area contributed by atoms with Gasteiger partial charge in [0.2, 0.25) is 0 Å². The first-order chi connectivity index (χ1) is 16.4. The number of nitrogens with one attached hydrogen (secondary N) is 2. The maximum Gasteiger partial charge on any atom is 0.270 e. The summed E-state index contributed by atoms with van der Waals surface area (Å²) < 4.78 is 5.33. The third-order valence-electron chi connectivity index (χ3n) is 5.90. The second-order valence-electron chi connectivity index (χ2n) is 8.47. The van der Waals surface area contributed by atoms with Crippen LogP contribution in [-0.4, -0.2) is 49.6 Å². The number of hydrogen-bond acceptors (Lipinski definition) is 6. The standard InChI is InChI=1S/C25H32N4O5/c1-3-34-15-5-12-26-25(31)22-17-20(8-9-23(22)28-13-10-18(2)11-14-28)27-24(30)19-6-4-7-21(16-19)29(32)33/h4,6-9,16-18H,3,5,10-15H2,1-2H3,(H,26,31)(H,27,30). The molecule has 0 bridgehead atoms. The molecule has 34 heavy (non-hydrogen) atoms. The minimum Gasteiger partial charge on any atom is -0.382 e. The minimum absolute atomic E-state index is 0.158. The van der Waals surface area contributed by atoms with Crippen LogP contribution < -0.4 is 15.5 Å². The van der Waals surface area contributed by atoms with Gasteiger partial charge in [-0.3, -0.25) is 19.7 Å². The van der Waals surface area contributed by atoms with E-state index in [-0.39, 0.29) is 17.2 Å². The number of carbonyl (C=O) groups excluding carboxylic acids is 2. The van der Waals surface area contributed by atoms with E-state index in [2.05, 4.69) is 22.5 Å². The van der Waals surface area contributed by atoms with Gasteiger partial charge in [-0.1, -0.05) is 13.0 Å². The van der Waals surface area contributed by atoms with Crippen molar-refractivity contribution in [3.05, 3.63) is 63.7 Å². The van der Waals surface area contributed by atoms with Crippen molar-refractivity contribution in [2.45, 2.75) is 33.1 Å². The van der Waals surface area contributed by atoms with Gasteiger partial charge in [0.1, 0.15) is 0 Å². The summed E-state index contributed by atoms with van der Waals surface area (Å²) in [6, 6.07) is 10.8. The molecule has 0 unspecified atom stereocenters. The van der Waals surface area contributed by atoms with Crippen molar-refractivity contribution in [3.63, 3.8) is 0 Å². The lowest BCUT2D eigenvalue weighted by atomic mass is 9.97. The molecule has 2 aromatic carbocycles. The van der Waals surface area contributed by atoms with Gasteiger partial charge in [-0.05, 0) is 56.4 Å². The normalized spacial score (nSPS) is 14.0. The Morgan fingerprint density at radius 3 is 2.62 bits per heavy atom. The predicted molar refractivity (Wildman–Crippen MR) is 132 cm³/mol. The number of rotatable bonds is 10. The fourth-order valence-electron chi connectivity index (χ4n) is 3.90. The van der Waals surface area contributed by atoms with Crippen molar-refractivity contribution in [3.8, 4) is 0 Å². The number of nitro benzene ring substituents is 1. The zero-order valence-electron chi connectivity index (χ0n) is 19.7. The van der Waals surface area contributed by atoms with E-state index >= 15 is 0 Å². The Kier molecular flexibility index (Phi) is 8.98. The van der Waals surface area contributed by atoms with Crippen LogP contribution in [-0.2, 0) is 4.74 Å². The van der Waals surface area contributed by atoms with Crippen molar-refractivity contribution in [2.24, 2.45) is 5.92 Å². The summed E-state index contributed by atoms with van der Waals surface area (Å²) in [4.78, 5) is 38.5. The molecular weight excluding hydrogens is 436 g/mol. The fraction of sp³-hybridized carbons (Fsp3) is 0.440. The summed E-state index contributed by atoms with van der Waals surface area (Å²) in [5, 5.41) is 16.7. The van der Waals surface area contributed by atoms with Crippen LogP contribution >= 0.6 is 0 Å². The lowest BCUT2D eigenvalue weighted by molar-refractivity contribution is -0.384. The van der Waals surface area contributed by atoms with Crippen LogP contribution in [0, 0.1) is 16.0 Å². The highest BCUT2D eigenvalue weighted by atomic mass is 16.6. The van der Waals surface area contributed by atoms with Crippen LogP contribution in [0.3, 0.4) is 0 Å². The van der Waals surface area contributed by atoms with Crippen LogP contribution in [0.15, 0.2) is 42.5 Å². The molecule has 2 aromatic rings. The molecule has 0 radical (unpaired) electrons. The van der Waals surface area contributed by atoms with Crippen molar-refractivity contribution < 1.29 is 19.2 Å². The topological polar surface area (TPSA) is 114 Å². The SMILES string of the molecule is CCOCCCNC(=O)c1cc(NC(=O)c2cccc([N+](=O)[O-])c2)ccc1N1CCC(C)CC1. The fourth-order valence-corrected chi connectivity index (χ4v) is 3.90. The molecule has 2 amide bonds. The number of nitro groups is 1. The maximum absolute atomic E-state index is 13.1. The molecular formula is C25H32N4O5. The monoisotopic (exact) mass is 468 g/mol. The number of ether oxygens (including phenoxy) is 1. The van der Waals surface area contributed by atoms with Crippen LogP contribution in [0.1, 0.15) is 53.8 Å². The molecule has 2 N–H and O–H groups in total. The molecule has 1 aliphatic heterocycles. The summed E-state index contributed by atoms with van der Waals surface area (Å²) in [6.45, 7) is 7.59. The summed E-state index contributed by atoms with van der Waals surface area (Å²) in [6.07, 6.45) is 2.82. The lowest BCUT2D eigenvalue weighted by Gasteiger charge is -2.33. The van der Waals surface area contributed by atoms with Crippen molar-refractivity contribution in [1.29, 1.82) is 0 Å². The summed E-state index contributed by atoms with van der Waals surface area (Å²) in [5.74, 6) is -0.0385. The highest BCUT2D eigenvalue weighted by Gasteiger charge is 2.22. The van der Waals surface area contributed by atoms with E-state index in [0.717, 1.165) is 31.6 Å². The summed E-state index contributed by atoms with van der Waals surface area (Å²) >= 11 is 0. The van der Waals surface area contributed by atoms with Crippen molar-refractivity contribution in [1.82, 2.24) is 5.32 Å². The Balaban J connectivity index is 1.79. The van der Waals surface area contributed by atoms with E-state index in [9.17, 15) is 19.7 Å².